The minimum absolute atomic E-state index is 0.0271. The minimum Gasteiger partial charge on any atom is -0.469 e. The van der Waals surface area contributed by atoms with Gasteiger partial charge in [0.2, 0.25) is 12.7 Å². The standard InChI is InChI=1S/C24H26N6O4/c1-16(4-6-18-3-2-12-32-18)26-24(31)11-10-23-28-27-22-9-8-21(29-30(22)23)25-14-17-5-7-19-20(13-17)34-15-33-19/h2-3,5,7-9,12-13,16H,4,6,10-11,14-15H2,1H3,(H,25,29)(H,26,31)/t16-/m1/s1. The number of carbonyl (C=O) groups excluding carboxylic acids is 1. The molecule has 0 saturated carbocycles. The second-order valence-corrected chi connectivity index (χ2v) is 8.23. The molecular weight excluding hydrogens is 436 g/mol. The Morgan fingerprint density at radius 3 is 2.91 bits per heavy atom. The lowest BCUT2D eigenvalue weighted by Gasteiger charge is -2.13. The molecule has 0 unspecified atom stereocenters. The van der Waals surface area contributed by atoms with E-state index < -0.39 is 0 Å². The molecule has 176 valence electrons. The number of aryl methyl sites for hydroxylation is 2. The molecule has 1 atom stereocenters. The molecule has 34 heavy (non-hydrogen) atoms. The molecule has 0 spiro atoms. The Labute approximate surface area is 196 Å². The zero-order valence-corrected chi connectivity index (χ0v) is 18.9. The summed E-state index contributed by atoms with van der Waals surface area (Å²) in [5.41, 5.74) is 1.68. The van der Waals surface area contributed by atoms with Gasteiger partial charge in [0.1, 0.15) is 11.6 Å². The molecule has 4 heterocycles. The quantitative estimate of drug-likeness (QED) is 0.369. The van der Waals surface area contributed by atoms with Crippen LogP contribution in [0.5, 0.6) is 11.5 Å². The lowest BCUT2D eigenvalue weighted by Crippen LogP contribution is -2.33. The van der Waals surface area contributed by atoms with E-state index in [0.29, 0.717) is 36.7 Å². The largest absolute Gasteiger partial charge is 0.469 e. The average Bonchev–Trinajstić information content (AvgIpc) is 3.60. The SMILES string of the molecule is C[C@H](CCc1ccco1)NC(=O)CCc1nnc2ccc(NCc3ccc4c(c3)OCO4)nn12. The topological polar surface area (TPSA) is 116 Å². The third-order valence-electron chi connectivity index (χ3n) is 5.62. The summed E-state index contributed by atoms with van der Waals surface area (Å²) in [6.07, 6.45) is 4.01. The van der Waals surface area contributed by atoms with Crippen LogP contribution in [0.1, 0.15) is 36.9 Å². The Balaban J connectivity index is 1.15. The molecule has 10 nitrogen and oxygen atoms in total. The number of amides is 1. The van der Waals surface area contributed by atoms with Crippen LogP contribution in [0.2, 0.25) is 0 Å². The number of benzene rings is 1. The summed E-state index contributed by atoms with van der Waals surface area (Å²) in [5, 5.41) is 19.3. The number of carbonyl (C=O) groups is 1. The van der Waals surface area contributed by atoms with Crippen LogP contribution in [0.3, 0.4) is 0 Å². The van der Waals surface area contributed by atoms with Crippen LogP contribution in [0, 0.1) is 0 Å². The van der Waals surface area contributed by atoms with Gasteiger partial charge >= 0.3 is 0 Å². The third kappa shape index (κ3) is 5.11. The first kappa shape index (κ1) is 21.7. The number of nitrogens with one attached hydrogen (secondary N) is 2. The van der Waals surface area contributed by atoms with Crippen LogP contribution in [-0.2, 0) is 24.2 Å². The average molecular weight is 463 g/mol. The van der Waals surface area contributed by atoms with Crippen molar-refractivity contribution in [1.29, 1.82) is 0 Å². The van der Waals surface area contributed by atoms with Crippen LogP contribution < -0.4 is 20.1 Å². The minimum atomic E-state index is -0.0271. The number of nitrogens with zero attached hydrogens (tertiary/aromatic N) is 4. The molecule has 2 N–H and O–H groups in total. The predicted molar refractivity (Wildman–Crippen MR) is 124 cm³/mol. The molecular formula is C24H26N6O4. The number of anilines is 1. The van der Waals surface area contributed by atoms with Gasteiger partial charge in [-0.3, -0.25) is 4.79 Å². The highest BCUT2D eigenvalue weighted by molar-refractivity contribution is 5.76. The van der Waals surface area contributed by atoms with E-state index in [1.54, 1.807) is 10.8 Å². The molecule has 4 aromatic rings. The van der Waals surface area contributed by atoms with E-state index in [4.69, 9.17) is 13.9 Å². The second kappa shape index (κ2) is 9.82. The Kier molecular flexibility index (Phi) is 6.28. The number of aromatic nitrogens is 4. The van der Waals surface area contributed by atoms with E-state index in [1.807, 2.05) is 49.4 Å². The summed E-state index contributed by atoms with van der Waals surface area (Å²) in [6.45, 7) is 2.82. The maximum Gasteiger partial charge on any atom is 0.231 e. The molecule has 1 aliphatic rings. The van der Waals surface area contributed by atoms with Gasteiger partial charge in [0, 0.05) is 31.8 Å². The van der Waals surface area contributed by atoms with Crippen LogP contribution in [0.4, 0.5) is 5.82 Å². The van der Waals surface area contributed by atoms with Gasteiger partial charge in [-0.15, -0.1) is 15.3 Å². The van der Waals surface area contributed by atoms with Crippen molar-refractivity contribution in [2.45, 2.75) is 45.2 Å². The van der Waals surface area contributed by atoms with Crippen molar-refractivity contribution in [3.63, 3.8) is 0 Å². The van der Waals surface area contributed by atoms with Crippen molar-refractivity contribution in [2.75, 3.05) is 12.1 Å². The predicted octanol–water partition coefficient (Wildman–Crippen LogP) is 3.13. The van der Waals surface area contributed by atoms with E-state index in [-0.39, 0.29) is 18.7 Å². The van der Waals surface area contributed by atoms with Gasteiger partial charge in [-0.1, -0.05) is 6.07 Å². The zero-order valence-electron chi connectivity index (χ0n) is 18.9. The molecule has 0 radical (unpaired) electrons. The molecule has 1 aliphatic heterocycles. The van der Waals surface area contributed by atoms with E-state index in [0.717, 1.165) is 35.7 Å². The van der Waals surface area contributed by atoms with Crippen LogP contribution in [-0.4, -0.2) is 38.6 Å². The highest BCUT2D eigenvalue weighted by Crippen LogP contribution is 2.32. The first-order valence-electron chi connectivity index (χ1n) is 11.3. The molecule has 5 rings (SSSR count). The maximum atomic E-state index is 12.4. The first-order chi connectivity index (χ1) is 16.6. The van der Waals surface area contributed by atoms with Gasteiger partial charge in [0.05, 0.1) is 6.26 Å². The number of hydrogen-bond acceptors (Lipinski definition) is 8. The normalized spacial score (nSPS) is 13.2. The summed E-state index contributed by atoms with van der Waals surface area (Å²) in [5.74, 6) is 3.72. The second-order valence-electron chi connectivity index (χ2n) is 8.23. The fraction of sp³-hybridized carbons (Fsp3) is 0.333. The van der Waals surface area contributed by atoms with Crippen molar-refractivity contribution in [1.82, 2.24) is 25.1 Å². The lowest BCUT2D eigenvalue weighted by atomic mass is 10.1. The lowest BCUT2D eigenvalue weighted by molar-refractivity contribution is -0.121. The third-order valence-corrected chi connectivity index (χ3v) is 5.62. The number of ether oxygens (including phenoxy) is 2. The first-order valence-corrected chi connectivity index (χ1v) is 11.3. The Morgan fingerprint density at radius 1 is 1.12 bits per heavy atom. The maximum absolute atomic E-state index is 12.4. The van der Waals surface area contributed by atoms with Crippen LogP contribution in [0.25, 0.3) is 5.65 Å². The number of rotatable bonds is 10. The van der Waals surface area contributed by atoms with E-state index in [1.165, 1.54) is 0 Å². The number of hydrogen-bond donors (Lipinski definition) is 2. The Hall–Kier alpha value is -4.08. The van der Waals surface area contributed by atoms with Crippen molar-refractivity contribution in [3.05, 3.63) is 65.9 Å². The smallest absolute Gasteiger partial charge is 0.231 e. The van der Waals surface area contributed by atoms with E-state index in [9.17, 15) is 4.79 Å². The van der Waals surface area contributed by atoms with Crippen LogP contribution in [0.15, 0.2) is 53.1 Å². The Bertz CT molecular complexity index is 1270. The molecule has 0 saturated heterocycles. The summed E-state index contributed by atoms with van der Waals surface area (Å²) < 4.78 is 17.8. The summed E-state index contributed by atoms with van der Waals surface area (Å²) >= 11 is 0. The molecule has 1 aromatic carbocycles. The van der Waals surface area contributed by atoms with Gasteiger partial charge in [-0.2, -0.15) is 4.52 Å². The molecule has 0 fully saturated rings. The fourth-order valence-electron chi connectivity index (χ4n) is 3.79. The van der Waals surface area contributed by atoms with Crippen molar-refractivity contribution >= 4 is 17.4 Å². The van der Waals surface area contributed by atoms with Crippen molar-refractivity contribution < 1.29 is 18.7 Å². The van der Waals surface area contributed by atoms with Crippen LogP contribution >= 0.6 is 0 Å². The Morgan fingerprint density at radius 2 is 2.03 bits per heavy atom. The van der Waals surface area contributed by atoms with Crippen molar-refractivity contribution in [3.8, 4) is 11.5 Å². The molecule has 0 aliphatic carbocycles. The van der Waals surface area contributed by atoms with Gasteiger partial charge in [0.15, 0.2) is 23.0 Å². The molecule has 10 heteroatoms. The zero-order chi connectivity index (χ0) is 23.3. The molecule has 1 amide bonds. The van der Waals surface area contributed by atoms with Crippen molar-refractivity contribution in [2.24, 2.45) is 0 Å². The fourth-order valence-corrected chi connectivity index (χ4v) is 3.79. The molecule has 3 aromatic heterocycles. The summed E-state index contributed by atoms with van der Waals surface area (Å²) in [7, 11) is 0. The van der Waals surface area contributed by atoms with E-state index in [2.05, 4.69) is 25.9 Å². The highest BCUT2D eigenvalue weighted by Gasteiger charge is 2.14. The monoisotopic (exact) mass is 462 g/mol. The van der Waals surface area contributed by atoms with E-state index >= 15 is 0 Å². The number of fused-ring (bicyclic) bond motifs is 2. The summed E-state index contributed by atoms with van der Waals surface area (Å²) in [4.78, 5) is 12.4. The van der Waals surface area contributed by atoms with Gasteiger partial charge in [-0.25, -0.2) is 0 Å². The molecule has 0 bridgehead atoms. The van der Waals surface area contributed by atoms with Gasteiger partial charge in [-0.05, 0) is 55.3 Å². The van der Waals surface area contributed by atoms with Gasteiger partial charge < -0.3 is 24.5 Å². The van der Waals surface area contributed by atoms with Gasteiger partial charge in [0.25, 0.3) is 0 Å². The number of furan rings is 1. The highest BCUT2D eigenvalue weighted by atomic mass is 16.7. The summed E-state index contributed by atoms with van der Waals surface area (Å²) in [6, 6.07) is 13.4.